The monoisotopic (exact) mass is 122 g/mol. The lowest BCUT2D eigenvalue weighted by molar-refractivity contribution is 0.543. The van der Waals surface area contributed by atoms with Crippen molar-refractivity contribution in [2.24, 2.45) is 0 Å². The molecule has 9 heavy (non-hydrogen) atoms. The van der Waals surface area contributed by atoms with E-state index < -0.39 is 0 Å². The Morgan fingerprint density at radius 1 is 1.67 bits per heavy atom. The van der Waals surface area contributed by atoms with Crippen molar-refractivity contribution in [3.63, 3.8) is 0 Å². The summed E-state index contributed by atoms with van der Waals surface area (Å²) in [4.78, 5) is 3.98. The molecule has 1 aromatic heterocycles. The standard InChI is InChI=1S/C6H6N2O/c1-2-7-3-5-6(1)9-4-8-5/h1-2,4,7H,3H2. The van der Waals surface area contributed by atoms with Gasteiger partial charge in [0.2, 0.25) is 0 Å². The van der Waals surface area contributed by atoms with Crippen LogP contribution in [0.15, 0.2) is 17.0 Å². The number of nitrogens with one attached hydrogen (secondary N) is 1. The van der Waals surface area contributed by atoms with Gasteiger partial charge in [0, 0.05) is 6.20 Å². The van der Waals surface area contributed by atoms with E-state index in [1.807, 2.05) is 12.3 Å². The zero-order valence-corrected chi connectivity index (χ0v) is 4.79. The van der Waals surface area contributed by atoms with Gasteiger partial charge < -0.3 is 9.73 Å². The number of hydrogen-bond donors (Lipinski definition) is 1. The molecule has 3 nitrogen and oxygen atoms in total. The summed E-state index contributed by atoms with van der Waals surface area (Å²) in [5.74, 6) is 0.869. The molecule has 3 heteroatoms. The van der Waals surface area contributed by atoms with Crippen molar-refractivity contribution >= 4 is 6.08 Å². The van der Waals surface area contributed by atoms with E-state index >= 15 is 0 Å². The molecular formula is C6H6N2O. The van der Waals surface area contributed by atoms with Crippen LogP contribution >= 0.6 is 0 Å². The third kappa shape index (κ3) is 0.614. The van der Waals surface area contributed by atoms with E-state index in [1.54, 1.807) is 0 Å². The van der Waals surface area contributed by atoms with Gasteiger partial charge in [-0.2, -0.15) is 0 Å². The van der Waals surface area contributed by atoms with E-state index in [2.05, 4.69) is 10.3 Å². The van der Waals surface area contributed by atoms with Gasteiger partial charge in [0.15, 0.2) is 12.2 Å². The molecule has 1 aromatic rings. The molecule has 0 saturated carbocycles. The van der Waals surface area contributed by atoms with Crippen LogP contribution in [0.25, 0.3) is 6.08 Å². The van der Waals surface area contributed by atoms with Gasteiger partial charge in [0.1, 0.15) is 5.69 Å². The van der Waals surface area contributed by atoms with Crippen molar-refractivity contribution in [2.75, 3.05) is 0 Å². The van der Waals surface area contributed by atoms with Crippen LogP contribution in [-0.2, 0) is 6.54 Å². The van der Waals surface area contributed by atoms with Gasteiger partial charge in [0.25, 0.3) is 0 Å². The van der Waals surface area contributed by atoms with Crippen molar-refractivity contribution in [3.8, 4) is 0 Å². The number of rotatable bonds is 0. The van der Waals surface area contributed by atoms with Crippen LogP contribution in [0.4, 0.5) is 0 Å². The first-order valence-corrected chi connectivity index (χ1v) is 2.79. The van der Waals surface area contributed by atoms with Crippen molar-refractivity contribution in [2.45, 2.75) is 6.54 Å². The number of oxazole rings is 1. The Bertz CT molecular complexity index is 239. The second-order valence-electron chi connectivity index (χ2n) is 1.88. The van der Waals surface area contributed by atoms with Crippen LogP contribution in [0.1, 0.15) is 11.5 Å². The second-order valence-corrected chi connectivity index (χ2v) is 1.88. The molecule has 0 amide bonds. The maximum Gasteiger partial charge on any atom is 0.181 e. The second kappa shape index (κ2) is 1.62. The van der Waals surface area contributed by atoms with E-state index in [4.69, 9.17) is 4.42 Å². The van der Waals surface area contributed by atoms with Crippen LogP contribution in [0.3, 0.4) is 0 Å². The van der Waals surface area contributed by atoms with Gasteiger partial charge in [-0.25, -0.2) is 4.98 Å². The summed E-state index contributed by atoms with van der Waals surface area (Å²) in [5.41, 5.74) is 0.984. The first-order chi connectivity index (χ1) is 4.47. The maximum atomic E-state index is 5.02. The normalized spacial score (nSPS) is 14.7. The van der Waals surface area contributed by atoms with Crippen molar-refractivity contribution in [1.82, 2.24) is 10.3 Å². The largest absolute Gasteiger partial charge is 0.444 e. The maximum absolute atomic E-state index is 5.02. The molecule has 0 saturated heterocycles. The lowest BCUT2D eigenvalue weighted by atomic mass is 10.3. The van der Waals surface area contributed by atoms with E-state index in [9.17, 15) is 0 Å². The van der Waals surface area contributed by atoms with Gasteiger partial charge in [0.05, 0.1) is 6.54 Å². The summed E-state index contributed by atoms with van der Waals surface area (Å²) < 4.78 is 5.02. The molecule has 1 N–H and O–H groups in total. The highest BCUT2D eigenvalue weighted by Gasteiger charge is 2.06. The minimum atomic E-state index is 0.780. The molecule has 0 fully saturated rings. The fraction of sp³-hybridized carbons (Fsp3) is 0.167. The SMILES string of the molecule is C1=Cc2ocnc2CN1. The molecule has 0 spiro atoms. The van der Waals surface area contributed by atoms with Gasteiger partial charge in [-0.3, -0.25) is 0 Å². The summed E-state index contributed by atoms with van der Waals surface area (Å²) in [5, 5.41) is 3.02. The first-order valence-electron chi connectivity index (χ1n) is 2.79. The third-order valence-corrected chi connectivity index (χ3v) is 1.29. The highest BCUT2D eigenvalue weighted by molar-refractivity contribution is 5.46. The number of fused-ring (bicyclic) bond motifs is 1. The average Bonchev–Trinajstić information content (AvgIpc) is 2.33. The van der Waals surface area contributed by atoms with Crippen molar-refractivity contribution in [1.29, 1.82) is 0 Å². The predicted molar refractivity (Wildman–Crippen MR) is 32.4 cm³/mol. The minimum absolute atomic E-state index is 0.780. The zero-order valence-electron chi connectivity index (χ0n) is 4.79. The van der Waals surface area contributed by atoms with E-state index in [0.29, 0.717) is 0 Å². The van der Waals surface area contributed by atoms with Crippen LogP contribution in [0, 0.1) is 0 Å². The highest BCUT2D eigenvalue weighted by Crippen LogP contribution is 2.10. The Hall–Kier alpha value is -1.25. The molecule has 46 valence electrons. The van der Waals surface area contributed by atoms with Gasteiger partial charge in [-0.1, -0.05) is 0 Å². The fourth-order valence-electron chi connectivity index (χ4n) is 0.837. The van der Waals surface area contributed by atoms with Gasteiger partial charge in [-0.15, -0.1) is 0 Å². The average molecular weight is 122 g/mol. The van der Waals surface area contributed by atoms with Gasteiger partial charge in [-0.05, 0) is 6.08 Å². The lowest BCUT2D eigenvalue weighted by Gasteiger charge is -2.01. The van der Waals surface area contributed by atoms with Crippen LogP contribution < -0.4 is 5.32 Å². The Kier molecular flexibility index (Phi) is 0.828. The van der Waals surface area contributed by atoms with Crippen molar-refractivity contribution < 1.29 is 4.42 Å². The molecule has 2 rings (SSSR count). The minimum Gasteiger partial charge on any atom is -0.444 e. The molecule has 0 atom stereocenters. The Morgan fingerprint density at radius 3 is 3.56 bits per heavy atom. The summed E-state index contributed by atoms with van der Waals surface area (Å²) >= 11 is 0. The fourth-order valence-corrected chi connectivity index (χ4v) is 0.837. The molecule has 0 aliphatic carbocycles. The van der Waals surface area contributed by atoms with E-state index in [-0.39, 0.29) is 0 Å². The molecule has 0 radical (unpaired) electrons. The zero-order chi connectivity index (χ0) is 6.10. The van der Waals surface area contributed by atoms with Crippen LogP contribution in [-0.4, -0.2) is 4.98 Å². The quantitative estimate of drug-likeness (QED) is 0.551. The summed E-state index contributed by atoms with van der Waals surface area (Å²) in [6.07, 6.45) is 5.18. The third-order valence-electron chi connectivity index (χ3n) is 1.29. The molecule has 1 aliphatic heterocycles. The summed E-state index contributed by atoms with van der Waals surface area (Å²) in [6, 6.07) is 0. The van der Waals surface area contributed by atoms with E-state index in [0.717, 1.165) is 18.0 Å². The van der Waals surface area contributed by atoms with Crippen LogP contribution in [0.2, 0.25) is 0 Å². The number of aromatic nitrogens is 1. The Balaban J connectivity index is 2.53. The first kappa shape index (κ1) is 4.61. The topological polar surface area (TPSA) is 38.1 Å². The highest BCUT2D eigenvalue weighted by atomic mass is 16.3. The molecule has 0 unspecified atom stereocenters. The summed E-state index contributed by atoms with van der Waals surface area (Å²) in [7, 11) is 0. The Labute approximate surface area is 52.4 Å². The molecule has 0 bridgehead atoms. The molecule has 2 heterocycles. The van der Waals surface area contributed by atoms with Crippen molar-refractivity contribution in [3.05, 3.63) is 24.0 Å². The number of hydrogen-bond acceptors (Lipinski definition) is 3. The smallest absolute Gasteiger partial charge is 0.181 e. The molecular weight excluding hydrogens is 116 g/mol. The Morgan fingerprint density at radius 2 is 2.67 bits per heavy atom. The van der Waals surface area contributed by atoms with Gasteiger partial charge >= 0.3 is 0 Å². The van der Waals surface area contributed by atoms with E-state index in [1.165, 1.54) is 6.39 Å². The lowest BCUT2D eigenvalue weighted by Crippen LogP contribution is -2.09. The molecule has 0 aromatic carbocycles. The number of nitrogens with zero attached hydrogens (tertiary/aromatic N) is 1. The summed E-state index contributed by atoms with van der Waals surface area (Å²) in [6.45, 7) is 0.780. The predicted octanol–water partition coefficient (Wildman–Crippen LogP) is 0.748. The molecule has 1 aliphatic rings. The van der Waals surface area contributed by atoms with Crippen LogP contribution in [0.5, 0.6) is 0 Å².